The molecule has 0 radical (unpaired) electrons. The molecule has 2 nitrogen and oxygen atoms in total. The number of quaternary nitrogens is 1. The molecule has 0 bridgehead atoms. The Morgan fingerprint density at radius 3 is 1.96 bits per heavy atom. The molecule has 1 aliphatic heterocycles. The van der Waals surface area contributed by atoms with Gasteiger partial charge in [-0.15, -0.1) is 0 Å². The van der Waals surface area contributed by atoms with Crippen molar-refractivity contribution in [3.05, 3.63) is 35.6 Å². The standard InChI is InChI=1S/C21H35FN.H2O/c1-2-3-4-5-6-7-8-9-16-23(17-10-11-18-23)19-20-12-14-21(22)15-13-20;/h12-15H,2-11,16-19H2,1H3;1H2/q+1;/p-1. The number of rotatable bonds is 11. The van der Waals surface area contributed by atoms with E-state index in [2.05, 4.69) is 6.92 Å². The van der Waals surface area contributed by atoms with Crippen molar-refractivity contribution < 1.29 is 14.3 Å². The van der Waals surface area contributed by atoms with E-state index in [1.54, 1.807) is 12.1 Å². The first-order chi connectivity index (χ1) is 11.2. The summed E-state index contributed by atoms with van der Waals surface area (Å²) < 4.78 is 14.3. The summed E-state index contributed by atoms with van der Waals surface area (Å²) in [7, 11) is 0. The number of unbranched alkanes of at least 4 members (excludes halogenated alkanes) is 7. The highest BCUT2D eigenvalue weighted by Crippen LogP contribution is 2.25. The topological polar surface area (TPSA) is 30.0 Å². The van der Waals surface area contributed by atoms with Gasteiger partial charge in [-0.2, -0.15) is 0 Å². The Balaban J connectivity index is 0.00000288. The number of hydrogen-bond donors (Lipinski definition) is 0. The van der Waals surface area contributed by atoms with E-state index in [4.69, 9.17) is 0 Å². The van der Waals surface area contributed by atoms with Crippen LogP contribution < -0.4 is 0 Å². The minimum Gasteiger partial charge on any atom is -0.870 e. The fraction of sp³-hybridized carbons (Fsp3) is 0.714. The van der Waals surface area contributed by atoms with Crippen LogP contribution in [0.1, 0.15) is 76.7 Å². The van der Waals surface area contributed by atoms with E-state index in [1.165, 1.54) is 93.9 Å². The van der Waals surface area contributed by atoms with Crippen LogP contribution in [0.15, 0.2) is 24.3 Å². The van der Waals surface area contributed by atoms with Gasteiger partial charge in [-0.1, -0.05) is 57.6 Å². The molecule has 0 spiro atoms. The summed E-state index contributed by atoms with van der Waals surface area (Å²) in [6, 6.07) is 7.17. The summed E-state index contributed by atoms with van der Waals surface area (Å²) in [5.74, 6) is -0.121. The van der Waals surface area contributed by atoms with Gasteiger partial charge in [-0.25, -0.2) is 4.39 Å². The van der Waals surface area contributed by atoms with Gasteiger partial charge in [0, 0.05) is 18.4 Å². The van der Waals surface area contributed by atoms with Gasteiger partial charge in [0.2, 0.25) is 0 Å². The lowest BCUT2D eigenvalue weighted by Crippen LogP contribution is -2.45. The van der Waals surface area contributed by atoms with Gasteiger partial charge in [0.15, 0.2) is 0 Å². The van der Waals surface area contributed by atoms with Gasteiger partial charge in [0.05, 0.1) is 19.6 Å². The summed E-state index contributed by atoms with van der Waals surface area (Å²) in [4.78, 5) is 0. The first kappa shape index (κ1) is 21.1. The summed E-state index contributed by atoms with van der Waals surface area (Å²) in [5, 5.41) is 0. The lowest BCUT2D eigenvalue weighted by Gasteiger charge is -2.34. The molecule has 2 rings (SSSR count). The van der Waals surface area contributed by atoms with Crippen LogP contribution >= 0.6 is 0 Å². The maximum atomic E-state index is 13.1. The molecule has 1 aromatic carbocycles. The average molecular weight is 338 g/mol. The van der Waals surface area contributed by atoms with Crippen LogP contribution in [-0.2, 0) is 6.54 Å². The van der Waals surface area contributed by atoms with E-state index >= 15 is 0 Å². The van der Waals surface area contributed by atoms with Crippen molar-refractivity contribution in [2.24, 2.45) is 0 Å². The lowest BCUT2D eigenvalue weighted by molar-refractivity contribution is -0.930. The minimum absolute atomic E-state index is 0. The lowest BCUT2D eigenvalue weighted by atomic mass is 10.1. The Hall–Kier alpha value is -0.930. The van der Waals surface area contributed by atoms with Crippen molar-refractivity contribution in [3.8, 4) is 0 Å². The highest BCUT2D eigenvalue weighted by molar-refractivity contribution is 5.15. The summed E-state index contributed by atoms with van der Waals surface area (Å²) in [6.45, 7) is 7.31. The number of nitrogens with zero attached hydrogens (tertiary/aromatic N) is 1. The molecule has 0 saturated carbocycles. The maximum Gasteiger partial charge on any atom is 0.123 e. The molecular weight excluding hydrogens is 301 g/mol. The normalized spacial score (nSPS) is 16.1. The molecule has 3 heteroatoms. The second kappa shape index (κ2) is 11.6. The molecule has 0 amide bonds. The zero-order valence-corrected chi connectivity index (χ0v) is 15.5. The van der Waals surface area contributed by atoms with Crippen molar-refractivity contribution >= 4 is 0 Å². The van der Waals surface area contributed by atoms with Gasteiger partial charge in [0.1, 0.15) is 12.4 Å². The Morgan fingerprint density at radius 1 is 0.833 bits per heavy atom. The molecule has 1 N–H and O–H groups in total. The highest BCUT2D eigenvalue weighted by atomic mass is 19.1. The van der Waals surface area contributed by atoms with Gasteiger partial charge >= 0.3 is 0 Å². The number of likely N-dealkylation sites (tertiary alicyclic amines) is 1. The Kier molecular flexibility index (Phi) is 10.2. The molecule has 0 aromatic heterocycles. The van der Waals surface area contributed by atoms with Crippen LogP contribution in [0.4, 0.5) is 4.39 Å². The van der Waals surface area contributed by atoms with Gasteiger partial charge in [-0.05, 0) is 25.0 Å². The number of hydrogen-bond acceptors (Lipinski definition) is 1. The van der Waals surface area contributed by atoms with Crippen molar-refractivity contribution in [1.82, 2.24) is 0 Å². The Labute approximate surface area is 148 Å². The fourth-order valence-electron chi connectivity index (χ4n) is 4.03. The van der Waals surface area contributed by atoms with E-state index in [1.807, 2.05) is 12.1 Å². The summed E-state index contributed by atoms with van der Waals surface area (Å²) in [6.07, 6.45) is 13.9. The van der Waals surface area contributed by atoms with Crippen LogP contribution in [0.5, 0.6) is 0 Å². The van der Waals surface area contributed by atoms with E-state index in [9.17, 15) is 4.39 Å². The molecular formula is C21H36FNO. The van der Waals surface area contributed by atoms with Crippen LogP contribution in [0.25, 0.3) is 0 Å². The van der Waals surface area contributed by atoms with Crippen LogP contribution in [0.2, 0.25) is 0 Å². The smallest absolute Gasteiger partial charge is 0.123 e. The van der Waals surface area contributed by atoms with E-state index < -0.39 is 0 Å². The van der Waals surface area contributed by atoms with Crippen LogP contribution in [-0.4, -0.2) is 29.6 Å². The van der Waals surface area contributed by atoms with Crippen LogP contribution in [0, 0.1) is 5.82 Å². The quantitative estimate of drug-likeness (QED) is 0.365. The summed E-state index contributed by atoms with van der Waals surface area (Å²) in [5.41, 5.74) is 1.30. The van der Waals surface area contributed by atoms with Crippen molar-refractivity contribution in [2.45, 2.75) is 77.7 Å². The third-order valence-corrected chi connectivity index (χ3v) is 5.43. The molecule has 0 atom stereocenters. The first-order valence-corrected chi connectivity index (χ1v) is 9.84. The molecule has 0 unspecified atom stereocenters. The number of benzene rings is 1. The van der Waals surface area contributed by atoms with Crippen molar-refractivity contribution in [3.63, 3.8) is 0 Å². The maximum absolute atomic E-state index is 13.1. The minimum atomic E-state index is -0.121. The molecule has 1 fully saturated rings. The predicted octanol–water partition coefficient (Wildman–Crippen LogP) is 5.90. The van der Waals surface area contributed by atoms with Crippen molar-refractivity contribution in [2.75, 3.05) is 19.6 Å². The molecule has 1 heterocycles. The van der Waals surface area contributed by atoms with E-state index in [0.717, 1.165) is 6.54 Å². The second-order valence-corrected chi connectivity index (χ2v) is 7.48. The average Bonchev–Trinajstić information content (AvgIpc) is 3.01. The third kappa shape index (κ3) is 7.31. The SMILES string of the molecule is CCCCCCCCCC[N+]1(Cc2ccc(F)cc2)CCCC1.[OH-]. The van der Waals surface area contributed by atoms with E-state index in [-0.39, 0.29) is 11.3 Å². The number of halogens is 1. The molecule has 1 aromatic rings. The highest BCUT2D eigenvalue weighted by Gasteiger charge is 2.31. The largest absolute Gasteiger partial charge is 0.870 e. The van der Waals surface area contributed by atoms with Gasteiger partial charge in [-0.3, -0.25) is 0 Å². The first-order valence-electron chi connectivity index (χ1n) is 9.84. The second-order valence-electron chi connectivity index (χ2n) is 7.48. The predicted molar refractivity (Wildman–Crippen MR) is 98.7 cm³/mol. The molecule has 0 aliphatic carbocycles. The molecule has 1 saturated heterocycles. The zero-order valence-electron chi connectivity index (χ0n) is 15.5. The monoisotopic (exact) mass is 337 g/mol. The third-order valence-electron chi connectivity index (χ3n) is 5.43. The Morgan fingerprint density at radius 2 is 1.38 bits per heavy atom. The zero-order chi connectivity index (χ0) is 16.4. The van der Waals surface area contributed by atoms with E-state index in [0.29, 0.717) is 0 Å². The summed E-state index contributed by atoms with van der Waals surface area (Å²) >= 11 is 0. The van der Waals surface area contributed by atoms with Crippen LogP contribution in [0.3, 0.4) is 0 Å². The van der Waals surface area contributed by atoms with Gasteiger partial charge < -0.3 is 9.96 Å². The molecule has 1 aliphatic rings. The molecule has 24 heavy (non-hydrogen) atoms. The van der Waals surface area contributed by atoms with Crippen molar-refractivity contribution in [1.29, 1.82) is 0 Å². The van der Waals surface area contributed by atoms with Gasteiger partial charge in [0.25, 0.3) is 0 Å². The Bertz CT molecular complexity index is 426. The molecule has 138 valence electrons. The fourth-order valence-corrected chi connectivity index (χ4v) is 4.03.